The number of aliphatic imine (C=N–C) groups is 1. The van der Waals surface area contributed by atoms with Gasteiger partial charge in [0, 0.05) is 31.5 Å². The van der Waals surface area contributed by atoms with E-state index in [0.29, 0.717) is 18.0 Å². The molecule has 0 bridgehead atoms. The van der Waals surface area contributed by atoms with Crippen molar-refractivity contribution in [1.82, 2.24) is 9.88 Å². The zero-order valence-corrected chi connectivity index (χ0v) is 20.4. The standard InChI is InChI=1S/C22H37N3O5S/c1-8-10-25(21(26)19(23-6)15(5)9-2)17(14(3)4)11-18(30-13-29-7)20-24-16(12-31-20)22(27)28/h12,14-15,17-19H,6,8-11,13H2,1-5,7H3,(H,27,28)/t15?,17-,18-,19+/m1/s1. The summed E-state index contributed by atoms with van der Waals surface area (Å²) in [4.78, 5) is 35.0. The van der Waals surface area contributed by atoms with Crippen molar-refractivity contribution in [3.8, 4) is 0 Å². The summed E-state index contributed by atoms with van der Waals surface area (Å²) < 4.78 is 11.0. The molecule has 0 fully saturated rings. The van der Waals surface area contributed by atoms with Crippen molar-refractivity contribution in [2.75, 3.05) is 20.4 Å². The maximum atomic E-state index is 13.5. The fourth-order valence-corrected chi connectivity index (χ4v) is 4.33. The van der Waals surface area contributed by atoms with Crippen LogP contribution < -0.4 is 0 Å². The average Bonchev–Trinajstić information content (AvgIpc) is 3.23. The van der Waals surface area contributed by atoms with Crippen LogP contribution in [0.4, 0.5) is 0 Å². The van der Waals surface area contributed by atoms with E-state index in [-0.39, 0.29) is 36.3 Å². The van der Waals surface area contributed by atoms with Crippen LogP contribution in [0, 0.1) is 11.8 Å². The van der Waals surface area contributed by atoms with Crippen molar-refractivity contribution in [3.05, 3.63) is 16.1 Å². The first-order valence-electron chi connectivity index (χ1n) is 10.8. The van der Waals surface area contributed by atoms with E-state index in [1.54, 1.807) is 0 Å². The molecule has 0 radical (unpaired) electrons. The number of amides is 1. The molecule has 0 saturated carbocycles. The molecule has 0 spiro atoms. The van der Waals surface area contributed by atoms with Crippen LogP contribution in [-0.2, 0) is 14.3 Å². The first-order chi connectivity index (χ1) is 14.7. The van der Waals surface area contributed by atoms with Gasteiger partial charge in [-0.2, -0.15) is 0 Å². The lowest BCUT2D eigenvalue weighted by Gasteiger charge is -2.38. The highest BCUT2D eigenvalue weighted by atomic mass is 32.1. The van der Waals surface area contributed by atoms with Crippen LogP contribution >= 0.6 is 11.3 Å². The highest BCUT2D eigenvalue weighted by Gasteiger charge is 2.35. The highest BCUT2D eigenvalue weighted by Crippen LogP contribution is 2.31. The number of carboxylic acid groups (broad SMARTS) is 1. The van der Waals surface area contributed by atoms with Gasteiger partial charge in [-0.3, -0.25) is 9.79 Å². The van der Waals surface area contributed by atoms with E-state index in [1.165, 1.54) is 23.8 Å². The molecule has 8 nitrogen and oxygen atoms in total. The van der Waals surface area contributed by atoms with Crippen molar-refractivity contribution in [1.29, 1.82) is 0 Å². The molecule has 0 aliphatic rings. The Morgan fingerprint density at radius 1 is 1.32 bits per heavy atom. The van der Waals surface area contributed by atoms with Crippen molar-refractivity contribution in [2.45, 2.75) is 72.1 Å². The molecule has 1 aromatic rings. The number of rotatable bonds is 15. The molecule has 4 atom stereocenters. The van der Waals surface area contributed by atoms with Crippen molar-refractivity contribution >= 4 is 29.9 Å². The van der Waals surface area contributed by atoms with Gasteiger partial charge < -0.3 is 19.5 Å². The third-order valence-corrected chi connectivity index (χ3v) is 6.35. The Balaban J connectivity index is 3.25. The van der Waals surface area contributed by atoms with Crippen molar-refractivity contribution in [3.63, 3.8) is 0 Å². The lowest BCUT2D eigenvalue weighted by Crippen LogP contribution is -2.49. The van der Waals surface area contributed by atoms with Crippen LogP contribution in [0.15, 0.2) is 10.4 Å². The number of methoxy groups -OCH3 is 1. The van der Waals surface area contributed by atoms with E-state index in [4.69, 9.17) is 9.47 Å². The van der Waals surface area contributed by atoms with Gasteiger partial charge in [0.15, 0.2) is 5.69 Å². The number of nitrogens with zero attached hydrogens (tertiary/aromatic N) is 3. The summed E-state index contributed by atoms with van der Waals surface area (Å²) in [6.07, 6.45) is 1.63. The summed E-state index contributed by atoms with van der Waals surface area (Å²) >= 11 is 1.24. The Morgan fingerprint density at radius 2 is 2.00 bits per heavy atom. The van der Waals surface area contributed by atoms with Gasteiger partial charge in [-0.1, -0.05) is 41.0 Å². The minimum atomic E-state index is -1.08. The molecular formula is C22H37N3O5S. The third-order valence-electron chi connectivity index (χ3n) is 5.41. The number of hydrogen-bond donors (Lipinski definition) is 1. The minimum absolute atomic E-state index is 0.0127. The predicted octanol–water partition coefficient (Wildman–Crippen LogP) is 4.27. The smallest absolute Gasteiger partial charge is 0.355 e. The minimum Gasteiger partial charge on any atom is -0.476 e. The Hall–Kier alpha value is -1.84. The zero-order valence-electron chi connectivity index (χ0n) is 19.5. The van der Waals surface area contributed by atoms with E-state index >= 15 is 0 Å². The van der Waals surface area contributed by atoms with Crippen LogP contribution in [0.1, 0.15) is 75.5 Å². The molecule has 1 heterocycles. The van der Waals surface area contributed by atoms with Crippen LogP contribution in [0.3, 0.4) is 0 Å². The van der Waals surface area contributed by atoms with Gasteiger partial charge >= 0.3 is 5.97 Å². The number of hydrogen-bond acceptors (Lipinski definition) is 7. The molecule has 9 heteroatoms. The monoisotopic (exact) mass is 455 g/mol. The molecule has 1 rings (SSSR count). The molecule has 1 aromatic heterocycles. The lowest BCUT2D eigenvalue weighted by molar-refractivity contribution is -0.139. The summed E-state index contributed by atoms with van der Waals surface area (Å²) in [6, 6.07) is -0.630. The second-order valence-electron chi connectivity index (χ2n) is 8.03. The van der Waals surface area contributed by atoms with Gasteiger partial charge in [-0.15, -0.1) is 11.3 Å². The summed E-state index contributed by atoms with van der Waals surface area (Å²) in [6.45, 7) is 14.5. The van der Waals surface area contributed by atoms with Gasteiger partial charge in [0.2, 0.25) is 5.91 Å². The second kappa shape index (κ2) is 13.5. The van der Waals surface area contributed by atoms with Crippen molar-refractivity contribution in [2.24, 2.45) is 16.8 Å². The molecule has 31 heavy (non-hydrogen) atoms. The van der Waals surface area contributed by atoms with Crippen LogP contribution in [0.25, 0.3) is 0 Å². The van der Waals surface area contributed by atoms with Gasteiger partial charge in [0.1, 0.15) is 23.9 Å². The Bertz CT molecular complexity index is 709. The number of carboxylic acids is 1. The number of aromatic carboxylic acids is 1. The van der Waals surface area contributed by atoms with Gasteiger partial charge in [-0.25, -0.2) is 9.78 Å². The number of carbonyl (C=O) groups excluding carboxylic acids is 1. The topological polar surface area (TPSA) is 101 Å². The van der Waals surface area contributed by atoms with E-state index in [9.17, 15) is 14.7 Å². The molecule has 0 aliphatic carbocycles. The first kappa shape index (κ1) is 27.2. The quantitative estimate of drug-likeness (QED) is 0.313. The van der Waals surface area contributed by atoms with E-state index in [2.05, 4.69) is 30.5 Å². The summed E-state index contributed by atoms with van der Waals surface area (Å²) in [5.74, 6) is -0.870. The summed E-state index contributed by atoms with van der Waals surface area (Å²) in [5, 5.41) is 11.3. The normalized spacial score (nSPS) is 15.3. The number of carbonyl (C=O) groups is 2. The summed E-state index contributed by atoms with van der Waals surface area (Å²) in [7, 11) is 1.53. The van der Waals surface area contributed by atoms with E-state index in [1.807, 2.05) is 25.7 Å². The third kappa shape index (κ3) is 7.66. The molecule has 1 amide bonds. The van der Waals surface area contributed by atoms with Crippen LogP contribution in [0.5, 0.6) is 0 Å². The Morgan fingerprint density at radius 3 is 2.45 bits per heavy atom. The molecule has 0 aliphatic heterocycles. The van der Waals surface area contributed by atoms with E-state index < -0.39 is 18.1 Å². The molecule has 1 unspecified atom stereocenters. The lowest BCUT2D eigenvalue weighted by atomic mass is 9.92. The summed E-state index contributed by atoms with van der Waals surface area (Å²) in [5.41, 5.74) is -0.0127. The van der Waals surface area contributed by atoms with Crippen LogP contribution in [0.2, 0.25) is 0 Å². The Kier molecular flexibility index (Phi) is 11.9. The van der Waals surface area contributed by atoms with Gasteiger partial charge in [0.05, 0.1) is 0 Å². The SMILES string of the molecule is C=N[C@H](C(=O)N(CCC)[C@H](C[C@@H](OCOC)c1nc(C(=O)O)cs1)C(C)C)C(C)CC. The largest absolute Gasteiger partial charge is 0.476 e. The maximum Gasteiger partial charge on any atom is 0.355 e. The van der Waals surface area contributed by atoms with Gasteiger partial charge in [-0.05, 0) is 25.0 Å². The molecular weight excluding hydrogens is 418 g/mol. The maximum absolute atomic E-state index is 13.5. The average molecular weight is 456 g/mol. The van der Waals surface area contributed by atoms with Gasteiger partial charge in [0.25, 0.3) is 0 Å². The number of thiazole rings is 1. The fraction of sp³-hybridized carbons (Fsp3) is 0.727. The fourth-order valence-electron chi connectivity index (χ4n) is 3.48. The van der Waals surface area contributed by atoms with E-state index in [0.717, 1.165) is 12.8 Å². The number of aromatic nitrogens is 1. The zero-order chi connectivity index (χ0) is 23.6. The Labute approximate surface area is 189 Å². The molecule has 0 saturated heterocycles. The molecule has 1 N–H and O–H groups in total. The van der Waals surface area contributed by atoms with Crippen molar-refractivity contribution < 1.29 is 24.2 Å². The predicted molar refractivity (Wildman–Crippen MR) is 123 cm³/mol. The number of ether oxygens (including phenoxy) is 2. The molecule has 176 valence electrons. The second-order valence-corrected chi connectivity index (χ2v) is 8.92. The highest BCUT2D eigenvalue weighted by molar-refractivity contribution is 7.09. The molecule has 0 aromatic carbocycles. The first-order valence-corrected chi connectivity index (χ1v) is 11.6. The van der Waals surface area contributed by atoms with Crippen LogP contribution in [-0.4, -0.2) is 66.1 Å².